The molecule has 63 valence electrons. The van der Waals surface area contributed by atoms with Gasteiger partial charge in [0, 0.05) is 25.1 Å². The number of hydrogen-bond acceptors (Lipinski definition) is 3. The monoisotopic (exact) mass is 180 g/mol. The zero-order chi connectivity index (χ0) is 8.44. The molecule has 1 saturated heterocycles. The van der Waals surface area contributed by atoms with Gasteiger partial charge in [-0.2, -0.15) is 0 Å². The van der Waals surface area contributed by atoms with Gasteiger partial charge < -0.3 is 9.87 Å². The largest absolute Gasteiger partial charge is 0.329 e. The Balaban J connectivity index is 2.28. The van der Waals surface area contributed by atoms with Gasteiger partial charge in [0.25, 0.3) is 0 Å². The summed E-state index contributed by atoms with van der Waals surface area (Å²) in [5.41, 5.74) is 1.17. The highest BCUT2D eigenvalue weighted by atomic mass is 32.2. The summed E-state index contributed by atoms with van der Waals surface area (Å²) in [7, 11) is 0. The smallest absolute Gasteiger partial charge is 0.0915 e. The minimum Gasteiger partial charge on any atom is -0.329 e. The topological polar surface area (TPSA) is 32.3 Å². The van der Waals surface area contributed by atoms with Gasteiger partial charge in [0.15, 0.2) is 0 Å². The lowest BCUT2D eigenvalue weighted by molar-refractivity contribution is 0.388. The third-order valence-electron chi connectivity index (χ3n) is 2.24. The first-order valence-electron chi connectivity index (χ1n) is 3.87. The van der Waals surface area contributed by atoms with E-state index in [4.69, 9.17) is 4.55 Å². The quantitative estimate of drug-likeness (QED) is 0.676. The zero-order valence-corrected chi connectivity index (χ0v) is 7.40. The van der Waals surface area contributed by atoms with E-state index in [1.54, 1.807) is 0 Å². The molecule has 3 heteroatoms. The van der Waals surface area contributed by atoms with Crippen LogP contribution >= 0.6 is 12.0 Å². The molecule has 0 atom stereocenters. The van der Waals surface area contributed by atoms with Gasteiger partial charge in [-0.1, -0.05) is 24.3 Å². The van der Waals surface area contributed by atoms with Crippen molar-refractivity contribution in [2.24, 2.45) is 0 Å². The van der Waals surface area contributed by atoms with Gasteiger partial charge in [0.1, 0.15) is 0 Å². The molecule has 12 heavy (non-hydrogen) atoms. The van der Waals surface area contributed by atoms with Gasteiger partial charge in [-0.25, -0.2) is 0 Å². The SMILES string of the molecule is OSC1(c2cc[c]cc2)CNC1. The van der Waals surface area contributed by atoms with Gasteiger partial charge in [-0.3, -0.25) is 0 Å². The highest BCUT2D eigenvalue weighted by Crippen LogP contribution is 2.37. The van der Waals surface area contributed by atoms with Crippen LogP contribution in [0, 0.1) is 6.07 Å². The molecule has 2 N–H and O–H groups in total. The molecule has 1 aromatic carbocycles. The van der Waals surface area contributed by atoms with Gasteiger partial charge >= 0.3 is 0 Å². The molecular formula is C9H10NOS. The maximum atomic E-state index is 9.16. The van der Waals surface area contributed by atoms with E-state index in [9.17, 15) is 0 Å². The average Bonchev–Trinajstić information content (AvgIpc) is 2.05. The first-order chi connectivity index (χ1) is 5.87. The van der Waals surface area contributed by atoms with E-state index in [0.29, 0.717) is 0 Å². The number of hydrogen-bond donors (Lipinski definition) is 2. The van der Waals surface area contributed by atoms with Crippen LogP contribution in [0.1, 0.15) is 5.56 Å². The number of rotatable bonds is 2. The molecule has 0 spiro atoms. The Morgan fingerprint density at radius 2 is 2.08 bits per heavy atom. The fourth-order valence-electron chi connectivity index (χ4n) is 1.36. The summed E-state index contributed by atoms with van der Waals surface area (Å²) in [4.78, 5) is 0. The number of benzene rings is 1. The summed E-state index contributed by atoms with van der Waals surface area (Å²) in [6, 6.07) is 10.7. The normalized spacial score (nSPS) is 20.1. The van der Waals surface area contributed by atoms with Crippen molar-refractivity contribution in [3.63, 3.8) is 0 Å². The van der Waals surface area contributed by atoms with Crippen LogP contribution in [0.4, 0.5) is 0 Å². The van der Waals surface area contributed by atoms with E-state index >= 15 is 0 Å². The lowest BCUT2D eigenvalue weighted by Gasteiger charge is -2.40. The Morgan fingerprint density at radius 3 is 2.50 bits per heavy atom. The van der Waals surface area contributed by atoms with Crippen LogP contribution in [0.2, 0.25) is 0 Å². The second kappa shape index (κ2) is 3.09. The van der Waals surface area contributed by atoms with E-state index in [-0.39, 0.29) is 4.75 Å². The molecule has 2 rings (SSSR count). The lowest BCUT2D eigenvalue weighted by Crippen LogP contribution is -2.54. The first-order valence-corrected chi connectivity index (χ1v) is 4.65. The van der Waals surface area contributed by atoms with Crippen molar-refractivity contribution in [1.29, 1.82) is 0 Å². The maximum Gasteiger partial charge on any atom is 0.0915 e. The molecule has 0 unspecified atom stereocenters. The summed E-state index contributed by atoms with van der Waals surface area (Å²) < 4.78 is 9.05. The molecule has 1 radical (unpaired) electrons. The third kappa shape index (κ3) is 1.14. The van der Waals surface area contributed by atoms with Crippen molar-refractivity contribution in [1.82, 2.24) is 5.32 Å². The van der Waals surface area contributed by atoms with Gasteiger partial charge in [-0.05, 0) is 11.6 Å². The molecule has 2 nitrogen and oxygen atoms in total. The summed E-state index contributed by atoms with van der Waals surface area (Å²) >= 11 is 0.936. The Bertz CT molecular complexity index is 253. The Morgan fingerprint density at radius 1 is 1.42 bits per heavy atom. The summed E-state index contributed by atoms with van der Waals surface area (Å²) in [6.07, 6.45) is 0. The van der Waals surface area contributed by atoms with Crippen molar-refractivity contribution in [2.75, 3.05) is 13.1 Å². The summed E-state index contributed by atoms with van der Waals surface area (Å²) in [5, 5.41) is 3.16. The molecule has 1 aromatic rings. The molecule has 0 saturated carbocycles. The molecule has 1 fully saturated rings. The zero-order valence-electron chi connectivity index (χ0n) is 6.58. The minimum atomic E-state index is -0.102. The van der Waals surface area contributed by atoms with Gasteiger partial charge in [-0.15, -0.1) is 0 Å². The summed E-state index contributed by atoms with van der Waals surface area (Å²) in [6.45, 7) is 1.69. The Hall–Kier alpha value is -0.510. The first kappa shape index (κ1) is 8.10. The highest BCUT2D eigenvalue weighted by molar-refractivity contribution is 7.94. The highest BCUT2D eigenvalue weighted by Gasteiger charge is 2.39. The van der Waals surface area contributed by atoms with Crippen LogP contribution < -0.4 is 5.32 Å². The lowest BCUT2D eigenvalue weighted by atomic mass is 9.93. The van der Waals surface area contributed by atoms with Crippen molar-refractivity contribution < 1.29 is 4.55 Å². The molecule has 1 heterocycles. The standard InChI is InChI=1S/C9H10NOS/c11-12-9(6-10-7-9)8-4-2-1-3-5-8/h2-5,10-11H,6-7H2. The second-order valence-electron chi connectivity index (χ2n) is 2.98. The molecule has 0 aromatic heterocycles. The van der Waals surface area contributed by atoms with E-state index in [1.807, 2.05) is 24.3 Å². The maximum absolute atomic E-state index is 9.16. The minimum absolute atomic E-state index is 0.102. The van der Waals surface area contributed by atoms with Crippen molar-refractivity contribution in [3.05, 3.63) is 35.9 Å². The van der Waals surface area contributed by atoms with E-state index < -0.39 is 0 Å². The fourth-order valence-corrected chi connectivity index (χ4v) is 1.94. The Labute approximate surface area is 76.2 Å². The van der Waals surface area contributed by atoms with Crippen molar-refractivity contribution in [3.8, 4) is 0 Å². The van der Waals surface area contributed by atoms with E-state index in [2.05, 4.69) is 11.4 Å². The van der Waals surface area contributed by atoms with Crippen LogP contribution in [0.3, 0.4) is 0 Å². The molecule has 1 aliphatic rings. The predicted octanol–water partition coefficient (Wildman–Crippen LogP) is 1.49. The van der Waals surface area contributed by atoms with Crippen LogP contribution in [-0.4, -0.2) is 17.6 Å². The molecular weight excluding hydrogens is 170 g/mol. The Kier molecular flexibility index (Phi) is 2.09. The van der Waals surface area contributed by atoms with Crippen LogP contribution in [0.25, 0.3) is 0 Å². The number of nitrogens with one attached hydrogen (secondary N) is 1. The fraction of sp³-hybridized carbons (Fsp3) is 0.333. The third-order valence-corrected chi connectivity index (χ3v) is 3.11. The molecule has 1 aliphatic heterocycles. The summed E-state index contributed by atoms with van der Waals surface area (Å²) in [5.74, 6) is 0. The van der Waals surface area contributed by atoms with Gasteiger partial charge in [0.2, 0.25) is 0 Å². The van der Waals surface area contributed by atoms with Crippen molar-refractivity contribution in [2.45, 2.75) is 4.75 Å². The molecule has 0 amide bonds. The van der Waals surface area contributed by atoms with Crippen LogP contribution in [-0.2, 0) is 4.75 Å². The van der Waals surface area contributed by atoms with Crippen LogP contribution in [0.15, 0.2) is 24.3 Å². The van der Waals surface area contributed by atoms with E-state index in [1.165, 1.54) is 5.56 Å². The predicted molar refractivity (Wildman–Crippen MR) is 50.0 cm³/mol. The average molecular weight is 180 g/mol. The van der Waals surface area contributed by atoms with Gasteiger partial charge in [0.05, 0.1) is 4.75 Å². The van der Waals surface area contributed by atoms with Crippen LogP contribution in [0.5, 0.6) is 0 Å². The molecule has 0 bridgehead atoms. The van der Waals surface area contributed by atoms with Crippen molar-refractivity contribution >= 4 is 12.0 Å². The van der Waals surface area contributed by atoms with E-state index in [0.717, 1.165) is 25.1 Å². The second-order valence-corrected chi connectivity index (χ2v) is 3.94. The molecule has 0 aliphatic carbocycles.